The molecule has 3 rings (SSSR count). The van der Waals surface area contributed by atoms with Gasteiger partial charge in [-0.2, -0.15) is 0 Å². The van der Waals surface area contributed by atoms with E-state index in [1.807, 2.05) is 6.08 Å². The molecule has 1 unspecified atom stereocenters. The van der Waals surface area contributed by atoms with Crippen molar-refractivity contribution in [2.75, 3.05) is 25.1 Å². The fourth-order valence-electron chi connectivity index (χ4n) is 3.34. The third-order valence-corrected chi connectivity index (χ3v) is 5.96. The number of rotatable bonds is 7. The summed E-state index contributed by atoms with van der Waals surface area (Å²) in [5.74, 6) is -1.31. The topological polar surface area (TPSA) is 30.5 Å². The van der Waals surface area contributed by atoms with Crippen molar-refractivity contribution in [3.8, 4) is 5.75 Å². The van der Waals surface area contributed by atoms with Gasteiger partial charge in [-0.3, -0.25) is 0 Å². The van der Waals surface area contributed by atoms with Crippen molar-refractivity contribution in [3.05, 3.63) is 29.3 Å². The van der Waals surface area contributed by atoms with E-state index in [1.165, 1.54) is 5.56 Å². The zero-order valence-electron chi connectivity index (χ0n) is 14.0. The Balaban J connectivity index is 1.67. The van der Waals surface area contributed by atoms with Crippen LogP contribution in [0.15, 0.2) is 18.2 Å². The normalized spacial score (nSPS) is 20.3. The maximum Gasteiger partial charge on any atom is 0.248 e. The standard InChI is InChI=1S/C18H23F2INO2P/c19-18(20)6-3-13(4-7-18)1-2-14-11-16(22-8-10-24-25-21)12-15-5-9-23-17(14)15/h1-2,11-13,22,25H,3-10H2/b2-1+. The molecule has 1 fully saturated rings. The molecular formula is C18H23F2INO2P. The molecule has 1 aliphatic carbocycles. The summed E-state index contributed by atoms with van der Waals surface area (Å²) in [5, 5.41) is 3.39. The van der Waals surface area contributed by atoms with Gasteiger partial charge < -0.3 is 14.6 Å². The maximum atomic E-state index is 13.3. The van der Waals surface area contributed by atoms with Crippen molar-refractivity contribution in [2.45, 2.75) is 38.0 Å². The van der Waals surface area contributed by atoms with E-state index in [-0.39, 0.29) is 18.8 Å². The summed E-state index contributed by atoms with van der Waals surface area (Å²) in [7, 11) is 0. The summed E-state index contributed by atoms with van der Waals surface area (Å²) >= 11 is 2.21. The summed E-state index contributed by atoms with van der Waals surface area (Å²) in [6, 6.07) is 4.21. The summed E-state index contributed by atoms with van der Waals surface area (Å²) in [6.07, 6.45) is 6.14. The monoisotopic (exact) mass is 481 g/mol. The molecule has 0 radical (unpaired) electrons. The summed E-state index contributed by atoms with van der Waals surface area (Å²) in [4.78, 5) is 0. The number of anilines is 1. The van der Waals surface area contributed by atoms with E-state index < -0.39 is 5.92 Å². The molecule has 2 aliphatic rings. The summed E-state index contributed by atoms with van der Waals surface area (Å²) in [5.41, 5.74) is 3.29. The van der Waals surface area contributed by atoms with Gasteiger partial charge in [-0.25, -0.2) is 8.78 Å². The SMILES string of the molecule is FC1(F)CCC(/C=C/c2cc(NCCOPI)cc3c2OCC3)CC1. The van der Waals surface area contributed by atoms with Crippen LogP contribution in [0.3, 0.4) is 0 Å². The van der Waals surface area contributed by atoms with E-state index in [0.29, 0.717) is 32.5 Å². The van der Waals surface area contributed by atoms with E-state index >= 15 is 0 Å². The van der Waals surface area contributed by atoms with Crippen LogP contribution in [0.1, 0.15) is 36.8 Å². The number of alkyl halides is 2. The van der Waals surface area contributed by atoms with Gasteiger partial charge >= 0.3 is 0 Å². The second-order valence-corrected chi connectivity index (χ2v) is 8.32. The molecule has 3 nitrogen and oxygen atoms in total. The lowest BCUT2D eigenvalue weighted by Gasteiger charge is -2.26. The molecule has 0 saturated heterocycles. The molecule has 1 atom stereocenters. The fourth-order valence-corrected chi connectivity index (χ4v) is 4.18. The summed E-state index contributed by atoms with van der Waals surface area (Å²) < 4.78 is 37.7. The Morgan fingerprint density at radius 2 is 2.16 bits per heavy atom. The van der Waals surface area contributed by atoms with Crippen LogP contribution in [0, 0.1) is 5.92 Å². The number of nitrogens with one attached hydrogen (secondary N) is 1. The average molecular weight is 481 g/mol. The van der Waals surface area contributed by atoms with Crippen LogP contribution in [-0.4, -0.2) is 25.7 Å². The predicted molar refractivity (Wildman–Crippen MR) is 108 cm³/mol. The lowest BCUT2D eigenvalue weighted by Crippen LogP contribution is -2.23. The largest absolute Gasteiger partial charge is 0.492 e. The molecule has 1 aliphatic heterocycles. The molecule has 1 aromatic carbocycles. The number of halogens is 3. The maximum absolute atomic E-state index is 13.3. The minimum Gasteiger partial charge on any atom is -0.492 e. The quantitative estimate of drug-likeness (QED) is 0.302. The Labute approximate surface area is 162 Å². The zero-order valence-corrected chi connectivity index (χ0v) is 17.2. The highest BCUT2D eigenvalue weighted by molar-refractivity contribution is 14.2. The van der Waals surface area contributed by atoms with Crippen LogP contribution in [0.25, 0.3) is 6.08 Å². The van der Waals surface area contributed by atoms with Gasteiger partial charge in [0.15, 0.2) is 0 Å². The van der Waals surface area contributed by atoms with Gasteiger partial charge in [-0.05, 0) is 52.9 Å². The first-order valence-electron chi connectivity index (χ1n) is 8.64. The highest BCUT2D eigenvalue weighted by atomic mass is 127. The number of hydrogen-bond acceptors (Lipinski definition) is 3. The minimum atomic E-state index is -2.47. The number of fused-ring (bicyclic) bond motifs is 1. The molecule has 0 spiro atoms. The minimum absolute atomic E-state index is 0.00428. The smallest absolute Gasteiger partial charge is 0.248 e. The molecular weight excluding hydrogens is 458 g/mol. The van der Waals surface area contributed by atoms with Gasteiger partial charge in [0.05, 0.1) is 19.7 Å². The molecule has 0 bridgehead atoms. The van der Waals surface area contributed by atoms with Crippen LogP contribution in [0.4, 0.5) is 14.5 Å². The van der Waals surface area contributed by atoms with E-state index in [9.17, 15) is 8.78 Å². The van der Waals surface area contributed by atoms with E-state index in [2.05, 4.69) is 45.6 Å². The molecule has 1 heterocycles. The van der Waals surface area contributed by atoms with Crippen molar-refractivity contribution in [3.63, 3.8) is 0 Å². The molecule has 0 amide bonds. The average Bonchev–Trinajstić information content (AvgIpc) is 3.06. The van der Waals surface area contributed by atoms with Crippen LogP contribution in [0.5, 0.6) is 5.75 Å². The number of ether oxygens (including phenoxy) is 1. The Kier molecular flexibility index (Phi) is 6.92. The molecule has 7 heteroatoms. The van der Waals surface area contributed by atoms with Gasteiger partial charge in [0.25, 0.3) is 0 Å². The second-order valence-electron chi connectivity index (χ2n) is 6.56. The Morgan fingerprint density at radius 1 is 1.36 bits per heavy atom. The van der Waals surface area contributed by atoms with Gasteiger partial charge in [-0.15, -0.1) is 0 Å². The number of hydrogen-bond donors (Lipinski definition) is 1. The Bertz CT molecular complexity index is 617. The van der Waals surface area contributed by atoms with Gasteiger partial charge in [0.2, 0.25) is 5.92 Å². The third-order valence-electron chi connectivity index (χ3n) is 4.71. The first-order valence-corrected chi connectivity index (χ1v) is 12.7. The Morgan fingerprint density at radius 3 is 2.92 bits per heavy atom. The van der Waals surface area contributed by atoms with E-state index in [1.54, 1.807) is 0 Å². The van der Waals surface area contributed by atoms with E-state index in [0.717, 1.165) is 30.0 Å². The van der Waals surface area contributed by atoms with Gasteiger partial charge in [0.1, 0.15) is 5.75 Å². The van der Waals surface area contributed by atoms with Gasteiger partial charge in [0, 0.05) is 42.6 Å². The lowest BCUT2D eigenvalue weighted by molar-refractivity contribution is -0.0410. The van der Waals surface area contributed by atoms with Crippen molar-refractivity contribution >= 4 is 40.3 Å². The first-order chi connectivity index (χ1) is 12.1. The highest BCUT2D eigenvalue weighted by Crippen LogP contribution is 2.38. The highest BCUT2D eigenvalue weighted by Gasteiger charge is 2.33. The van der Waals surface area contributed by atoms with Crippen LogP contribution in [0.2, 0.25) is 0 Å². The lowest BCUT2D eigenvalue weighted by atomic mass is 9.86. The van der Waals surface area contributed by atoms with Crippen molar-refractivity contribution in [2.24, 2.45) is 5.92 Å². The molecule has 1 N–H and O–H groups in total. The van der Waals surface area contributed by atoms with Crippen molar-refractivity contribution < 1.29 is 18.0 Å². The molecule has 1 saturated carbocycles. The zero-order chi connectivity index (χ0) is 17.7. The fraction of sp³-hybridized carbons (Fsp3) is 0.556. The van der Waals surface area contributed by atoms with Crippen LogP contribution >= 0.6 is 28.5 Å². The molecule has 138 valence electrons. The number of benzene rings is 1. The predicted octanol–water partition coefficient (Wildman–Crippen LogP) is 5.83. The molecule has 25 heavy (non-hydrogen) atoms. The molecule has 0 aromatic heterocycles. The number of allylic oxidation sites excluding steroid dienone is 1. The second kappa shape index (κ2) is 8.96. The Hall–Kier alpha value is -0.460. The molecule has 1 aromatic rings. The van der Waals surface area contributed by atoms with E-state index in [4.69, 9.17) is 9.26 Å². The van der Waals surface area contributed by atoms with Gasteiger partial charge in [-0.1, -0.05) is 12.2 Å². The first kappa shape index (κ1) is 19.3. The van der Waals surface area contributed by atoms with Crippen molar-refractivity contribution in [1.82, 2.24) is 0 Å². The summed E-state index contributed by atoms with van der Waals surface area (Å²) in [6.45, 7) is 2.61. The van der Waals surface area contributed by atoms with Crippen LogP contribution in [-0.2, 0) is 10.9 Å². The van der Waals surface area contributed by atoms with Crippen LogP contribution < -0.4 is 10.1 Å². The third kappa shape index (κ3) is 5.51. The van der Waals surface area contributed by atoms with Crippen molar-refractivity contribution in [1.29, 1.82) is 0 Å².